The quantitative estimate of drug-likeness (QED) is 0.152. The fourth-order valence-corrected chi connectivity index (χ4v) is 11.2. The predicted octanol–water partition coefficient (Wildman–Crippen LogP) is 19.2. The summed E-state index contributed by atoms with van der Waals surface area (Å²) in [4.78, 5) is 9.37. The van der Waals surface area contributed by atoms with Gasteiger partial charge in [0.25, 0.3) is 0 Å². The van der Waals surface area contributed by atoms with Gasteiger partial charge in [-0.05, 0) is 146 Å². The average Bonchev–Trinajstić information content (AvgIpc) is 4.19. The Hall–Kier alpha value is -7.89. The van der Waals surface area contributed by atoms with E-state index in [-0.39, 0.29) is 52.5 Å². The summed E-state index contributed by atoms with van der Waals surface area (Å²) in [5, 5.41) is 1.06. The molecular weight excluding hydrogens is 913 g/mol. The fraction of sp³-hybridized carbons (Fsp3) is 0.243. The summed E-state index contributed by atoms with van der Waals surface area (Å²) < 4.78 is 74.5. The molecule has 3 heterocycles. The molecule has 10 aromatic rings. The van der Waals surface area contributed by atoms with Crippen LogP contribution in [0, 0.1) is 0 Å². The fourth-order valence-electron chi connectivity index (χ4n) is 11.2. The van der Waals surface area contributed by atoms with E-state index in [4.69, 9.17) is 15.2 Å². The van der Waals surface area contributed by atoms with Crippen molar-refractivity contribution in [3.05, 3.63) is 216 Å². The molecule has 1 aliphatic heterocycles. The molecule has 0 atom stereocenters. The maximum absolute atomic E-state index is 10.4. The molecule has 2 aliphatic rings. The maximum Gasteiger partial charge on any atom is 0.137 e. The number of benzene rings is 8. The van der Waals surface area contributed by atoms with Crippen LogP contribution in [0.4, 0.5) is 22.7 Å². The zero-order chi connectivity index (χ0) is 58.1. The van der Waals surface area contributed by atoms with Gasteiger partial charge in [-0.1, -0.05) is 178 Å². The molecule has 0 fully saturated rings. The lowest BCUT2D eigenvalue weighted by Gasteiger charge is -2.42. The molecule has 0 radical (unpaired) electrons. The second-order valence-electron chi connectivity index (χ2n) is 23.9. The summed E-state index contributed by atoms with van der Waals surface area (Å²) in [7, 11) is 0. The van der Waals surface area contributed by atoms with Crippen LogP contribution >= 0.6 is 0 Å². The highest BCUT2D eigenvalue weighted by molar-refractivity contribution is 6.09. The van der Waals surface area contributed by atoms with Crippen LogP contribution in [0.2, 0.25) is 0 Å². The van der Waals surface area contributed by atoms with E-state index in [0.29, 0.717) is 57.4 Å². The molecule has 0 unspecified atom stereocenters. The van der Waals surface area contributed by atoms with Gasteiger partial charge >= 0.3 is 0 Å². The van der Waals surface area contributed by atoms with Crippen LogP contribution in [0.15, 0.2) is 194 Å². The molecule has 374 valence electrons. The van der Waals surface area contributed by atoms with Gasteiger partial charge in [-0.25, -0.2) is 4.98 Å². The first-order chi connectivity index (χ1) is 38.8. The summed E-state index contributed by atoms with van der Waals surface area (Å²) >= 11 is 0. The Kier molecular flexibility index (Phi) is 9.67. The minimum Gasteiger partial charge on any atom is -0.457 e. The van der Waals surface area contributed by atoms with Gasteiger partial charge in [0.2, 0.25) is 0 Å². The van der Waals surface area contributed by atoms with Crippen molar-refractivity contribution in [3.63, 3.8) is 0 Å². The first-order valence-corrected chi connectivity index (χ1v) is 26.3. The van der Waals surface area contributed by atoms with Crippen LogP contribution in [0.1, 0.15) is 114 Å². The van der Waals surface area contributed by atoms with Gasteiger partial charge in [0.15, 0.2) is 0 Å². The van der Waals surface area contributed by atoms with E-state index in [1.165, 1.54) is 0 Å². The third kappa shape index (κ3) is 8.66. The number of ether oxygens (including phenoxy) is 1. The summed E-state index contributed by atoms with van der Waals surface area (Å²) in [6.07, 6.45) is 3.48. The molecule has 8 aromatic carbocycles. The molecule has 1 aliphatic carbocycles. The molecule has 0 amide bonds. The van der Waals surface area contributed by atoms with Crippen LogP contribution in [0.3, 0.4) is 0 Å². The van der Waals surface area contributed by atoms with E-state index in [9.17, 15) is 4.11 Å². The number of anilines is 4. The Bertz CT molecular complexity index is 4230. The normalized spacial score (nSPS) is 16.4. The summed E-state index contributed by atoms with van der Waals surface area (Å²) in [6, 6.07) is 49.2. The highest BCUT2D eigenvalue weighted by Crippen LogP contribution is 2.54. The van der Waals surface area contributed by atoms with Gasteiger partial charge in [-0.3, -0.25) is 4.57 Å². The van der Waals surface area contributed by atoms with Crippen LogP contribution < -0.4 is 14.5 Å². The number of pyridine rings is 1. The molecule has 12 rings (SSSR count). The van der Waals surface area contributed by atoms with E-state index in [1.807, 2.05) is 65.2 Å². The zero-order valence-electron chi connectivity index (χ0n) is 51.8. The van der Waals surface area contributed by atoms with Crippen molar-refractivity contribution in [1.82, 2.24) is 9.55 Å². The molecule has 5 nitrogen and oxygen atoms in total. The lowest BCUT2D eigenvalue weighted by Crippen LogP contribution is -2.33. The Labute approximate surface area is 453 Å². The van der Waals surface area contributed by atoms with E-state index in [1.54, 1.807) is 6.20 Å². The second kappa shape index (κ2) is 17.9. The van der Waals surface area contributed by atoms with Crippen molar-refractivity contribution in [2.45, 2.75) is 104 Å². The number of para-hydroxylation sites is 3. The van der Waals surface area contributed by atoms with Crippen LogP contribution in [-0.4, -0.2) is 16.2 Å². The second-order valence-corrected chi connectivity index (χ2v) is 23.9. The summed E-state index contributed by atoms with van der Waals surface area (Å²) in [6.45, 7) is 22.1. The molecule has 0 N–H and O–H groups in total. The predicted molar refractivity (Wildman–Crippen MR) is 316 cm³/mol. The van der Waals surface area contributed by atoms with Crippen molar-refractivity contribution < 1.29 is 14.3 Å². The molecule has 2 aromatic heterocycles. The molecular formula is C70H68N4O. The lowest BCUT2D eigenvalue weighted by molar-refractivity contribution is 0.332. The van der Waals surface area contributed by atoms with Gasteiger partial charge in [0.1, 0.15) is 24.0 Å². The number of aromatic nitrogens is 2. The third-order valence-corrected chi connectivity index (χ3v) is 15.7. The highest BCUT2D eigenvalue weighted by Gasteiger charge is 2.38. The lowest BCUT2D eigenvalue weighted by atomic mass is 9.63. The number of rotatable bonds is 8. The van der Waals surface area contributed by atoms with E-state index < -0.39 is 5.41 Å². The highest BCUT2D eigenvalue weighted by atomic mass is 16.5. The third-order valence-electron chi connectivity index (χ3n) is 15.7. The average molecular weight is 988 g/mol. The van der Waals surface area contributed by atoms with Crippen molar-refractivity contribution in [2.75, 3.05) is 16.5 Å². The van der Waals surface area contributed by atoms with E-state index in [2.05, 4.69) is 164 Å². The maximum atomic E-state index is 10.4. The SMILES string of the molecule is [2H]c1c([2H])c2c(c([2H])c1-c1cc(C(C)(C)C)cc(-c3ccc(-c4ccccc4)cc3)c1N1CN(c3cccc(Oc4ccc5c6c([2H])c([2H])c([2H])c([2H])c6n(-c6cc(C(C)(C)C)ccn6)c5c4)c3)c3ccccc31)C(C)(C)CCC2(C)C. The van der Waals surface area contributed by atoms with Crippen molar-refractivity contribution in [2.24, 2.45) is 0 Å². The van der Waals surface area contributed by atoms with Crippen molar-refractivity contribution in [1.29, 1.82) is 0 Å². The minimum atomic E-state index is -0.392. The van der Waals surface area contributed by atoms with Gasteiger partial charge in [0, 0.05) is 45.9 Å². The van der Waals surface area contributed by atoms with Gasteiger partial charge in [0.05, 0.1) is 37.7 Å². The molecule has 0 saturated carbocycles. The number of nitrogens with zero attached hydrogens (tertiary/aromatic N) is 4. The van der Waals surface area contributed by atoms with Gasteiger partial charge in [-0.15, -0.1) is 0 Å². The minimum absolute atomic E-state index is 0.0668. The first kappa shape index (κ1) is 40.5. The van der Waals surface area contributed by atoms with Crippen molar-refractivity contribution >= 4 is 44.6 Å². The Balaban J connectivity index is 1.02. The first-order valence-electron chi connectivity index (χ1n) is 29.8. The topological polar surface area (TPSA) is 33.5 Å². The number of hydrogen-bond acceptors (Lipinski definition) is 4. The summed E-state index contributed by atoms with van der Waals surface area (Å²) in [5.41, 5.74) is 12.4. The molecule has 0 spiro atoms. The van der Waals surface area contributed by atoms with Crippen LogP contribution in [-0.2, 0) is 21.7 Å². The molecule has 0 bridgehead atoms. The van der Waals surface area contributed by atoms with Crippen LogP contribution in [0.25, 0.3) is 61.0 Å². The molecule has 0 saturated heterocycles. The standard InChI is InChI=1S/C70H68N4O/c1-67(2,3)50-35-38-71-65(42-50)74-61-24-15-14-23-55(61)56-33-32-54(44-64(56)74)75-53-22-18-21-52(43-53)72-45-73(63-26-17-16-25-62(63)72)66-57(48-29-27-47(28-30-48)46-19-12-11-13-20-46)40-51(68(4,5)6)41-58(66)49-31-34-59-60(39-49)70(9,10)37-36-69(59,7)8/h11-35,38-44H,36-37,45H2,1-10H3/i14D,15D,23D,24D,31D,34D,39D. The smallest absolute Gasteiger partial charge is 0.137 e. The molecule has 75 heavy (non-hydrogen) atoms. The number of fused-ring (bicyclic) bond motifs is 5. The summed E-state index contributed by atoms with van der Waals surface area (Å²) in [5.74, 6) is 1.62. The Morgan fingerprint density at radius 2 is 1.16 bits per heavy atom. The largest absolute Gasteiger partial charge is 0.457 e. The van der Waals surface area contributed by atoms with Gasteiger partial charge < -0.3 is 14.5 Å². The van der Waals surface area contributed by atoms with Crippen LogP contribution in [0.5, 0.6) is 11.5 Å². The van der Waals surface area contributed by atoms with Crippen molar-refractivity contribution in [3.8, 4) is 50.7 Å². The van der Waals surface area contributed by atoms with E-state index in [0.717, 1.165) is 85.7 Å². The Morgan fingerprint density at radius 3 is 1.89 bits per heavy atom. The van der Waals surface area contributed by atoms with Gasteiger partial charge in [-0.2, -0.15) is 0 Å². The number of hydrogen-bond donors (Lipinski definition) is 0. The van der Waals surface area contributed by atoms with E-state index >= 15 is 0 Å². The Morgan fingerprint density at radius 1 is 0.520 bits per heavy atom. The zero-order valence-corrected chi connectivity index (χ0v) is 44.8. The molecule has 5 heteroatoms. The monoisotopic (exact) mass is 988 g/mol.